The smallest absolute Gasteiger partial charge is 0.326 e. The topological polar surface area (TPSA) is 105 Å². The Morgan fingerprint density at radius 2 is 2.05 bits per heavy atom. The van der Waals surface area contributed by atoms with Crippen LogP contribution in [0.5, 0.6) is 0 Å². The maximum absolute atomic E-state index is 11.7. The minimum Gasteiger partial charge on any atom is -0.480 e. The van der Waals surface area contributed by atoms with E-state index in [0.717, 1.165) is 0 Å². The minimum absolute atomic E-state index is 0.0328. The summed E-state index contributed by atoms with van der Waals surface area (Å²) in [5.41, 5.74) is 0. The monoisotopic (exact) mass is 292 g/mol. The van der Waals surface area contributed by atoms with Crippen molar-refractivity contribution in [2.75, 3.05) is 25.2 Å². The Morgan fingerprint density at radius 3 is 2.58 bits per heavy atom. The lowest BCUT2D eigenvalue weighted by atomic mass is 10.1. The summed E-state index contributed by atoms with van der Waals surface area (Å²) in [4.78, 5) is 22.6. The van der Waals surface area contributed by atoms with Crippen LogP contribution in [0.25, 0.3) is 0 Å². The van der Waals surface area contributed by atoms with Gasteiger partial charge in [-0.05, 0) is 12.8 Å². The summed E-state index contributed by atoms with van der Waals surface area (Å²) in [6.07, 6.45) is 1.54. The lowest BCUT2D eigenvalue weighted by Gasteiger charge is -2.23. The van der Waals surface area contributed by atoms with Gasteiger partial charge in [0.05, 0.1) is 0 Å². The van der Waals surface area contributed by atoms with Crippen LogP contribution in [0.3, 0.4) is 0 Å². The molecule has 0 radical (unpaired) electrons. The van der Waals surface area contributed by atoms with E-state index < -0.39 is 28.8 Å². The van der Waals surface area contributed by atoms with Crippen molar-refractivity contribution in [2.24, 2.45) is 0 Å². The average molecular weight is 292 g/mol. The molecule has 1 rings (SSSR count). The fourth-order valence-electron chi connectivity index (χ4n) is 1.82. The normalized spacial score (nSPS) is 24.5. The number of nitrogens with one attached hydrogen (secondary N) is 2. The number of rotatable bonds is 6. The lowest BCUT2D eigenvalue weighted by Crippen LogP contribution is -2.50. The van der Waals surface area contributed by atoms with Gasteiger partial charge in [-0.3, -0.25) is 4.21 Å². The Bertz CT molecular complexity index is 340. The molecule has 1 unspecified atom stereocenters. The predicted octanol–water partition coefficient (Wildman–Crippen LogP) is -0.314. The van der Waals surface area contributed by atoms with Gasteiger partial charge in [-0.1, -0.05) is 0 Å². The van der Waals surface area contributed by atoms with Gasteiger partial charge in [-0.15, -0.1) is 0 Å². The molecular formula is C11H20N2O5S. The van der Waals surface area contributed by atoms with Crippen molar-refractivity contribution in [2.45, 2.75) is 31.3 Å². The molecule has 0 aromatic heterocycles. The third kappa shape index (κ3) is 6.02. The number of amides is 2. The maximum atomic E-state index is 11.7. The van der Waals surface area contributed by atoms with Gasteiger partial charge in [-0.25, -0.2) is 9.59 Å². The molecule has 0 spiro atoms. The standard InChI is InChI=1S/C11H20N2O5S/c1-18-5-2-9(10(14)15)13-11(16)12-8-3-6-19(17)7-4-8/h8-9H,2-7H2,1H3,(H,14,15)(H2,12,13,16). The van der Waals surface area contributed by atoms with E-state index in [9.17, 15) is 13.8 Å². The molecule has 0 aliphatic carbocycles. The van der Waals surface area contributed by atoms with E-state index in [1.54, 1.807) is 0 Å². The molecule has 0 aromatic carbocycles. The van der Waals surface area contributed by atoms with Gasteiger partial charge in [0.2, 0.25) is 0 Å². The van der Waals surface area contributed by atoms with Crippen LogP contribution < -0.4 is 10.6 Å². The van der Waals surface area contributed by atoms with Crippen molar-refractivity contribution in [3.05, 3.63) is 0 Å². The Balaban J connectivity index is 2.35. The van der Waals surface area contributed by atoms with Crippen LogP contribution in [-0.2, 0) is 20.3 Å². The summed E-state index contributed by atoms with van der Waals surface area (Å²) in [5.74, 6) is 0.0745. The zero-order valence-corrected chi connectivity index (χ0v) is 11.7. The highest BCUT2D eigenvalue weighted by Crippen LogP contribution is 2.08. The number of aliphatic carboxylic acids is 1. The molecule has 0 aromatic rings. The maximum Gasteiger partial charge on any atom is 0.326 e. The number of hydrogen-bond acceptors (Lipinski definition) is 4. The van der Waals surface area contributed by atoms with Gasteiger partial charge in [0, 0.05) is 48.5 Å². The highest BCUT2D eigenvalue weighted by molar-refractivity contribution is 7.85. The summed E-state index contributed by atoms with van der Waals surface area (Å²) < 4.78 is 16.0. The molecule has 1 aliphatic heterocycles. The third-order valence-electron chi connectivity index (χ3n) is 2.94. The molecular weight excluding hydrogens is 272 g/mol. The quantitative estimate of drug-likeness (QED) is 0.622. The zero-order chi connectivity index (χ0) is 14.3. The summed E-state index contributed by atoms with van der Waals surface area (Å²) >= 11 is 0. The van der Waals surface area contributed by atoms with E-state index in [1.165, 1.54) is 7.11 Å². The number of methoxy groups -OCH3 is 1. The van der Waals surface area contributed by atoms with Gasteiger partial charge in [0.15, 0.2) is 0 Å². The highest BCUT2D eigenvalue weighted by atomic mass is 32.2. The summed E-state index contributed by atoms with van der Waals surface area (Å²) in [7, 11) is 0.693. The van der Waals surface area contributed by atoms with E-state index in [1.807, 2.05) is 0 Å². The first-order chi connectivity index (χ1) is 9.02. The lowest BCUT2D eigenvalue weighted by molar-refractivity contribution is -0.139. The van der Waals surface area contributed by atoms with Crippen molar-refractivity contribution in [3.8, 4) is 0 Å². The van der Waals surface area contributed by atoms with Crippen molar-refractivity contribution >= 4 is 22.8 Å². The van der Waals surface area contributed by atoms with Gasteiger partial charge < -0.3 is 20.5 Å². The molecule has 19 heavy (non-hydrogen) atoms. The zero-order valence-electron chi connectivity index (χ0n) is 10.9. The molecule has 3 N–H and O–H groups in total. The SMILES string of the molecule is COCCC(NC(=O)NC1CCS(=O)CC1)C(=O)O. The summed E-state index contributed by atoms with van der Waals surface area (Å²) in [6, 6.07) is -1.49. The van der Waals surface area contributed by atoms with E-state index in [-0.39, 0.29) is 19.1 Å². The molecule has 110 valence electrons. The van der Waals surface area contributed by atoms with Crippen molar-refractivity contribution in [1.29, 1.82) is 0 Å². The second kappa shape index (κ2) is 8.11. The molecule has 1 saturated heterocycles. The number of carboxylic acids is 1. The largest absolute Gasteiger partial charge is 0.480 e. The van der Waals surface area contributed by atoms with Crippen molar-refractivity contribution < 1.29 is 23.6 Å². The first-order valence-electron chi connectivity index (χ1n) is 6.16. The Kier molecular flexibility index (Phi) is 6.79. The second-order valence-electron chi connectivity index (χ2n) is 4.41. The van der Waals surface area contributed by atoms with Crippen LogP contribution in [0.1, 0.15) is 19.3 Å². The summed E-state index contributed by atoms with van der Waals surface area (Å²) in [5, 5.41) is 14.1. The number of urea groups is 1. The molecule has 2 amide bonds. The number of carbonyl (C=O) groups is 2. The Hall–Kier alpha value is -1.15. The van der Waals surface area contributed by atoms with Gasteiger partial charge in [-0.2, -0.15) is 0 Å². The highest BCUT2D eigenvalue weighted by Gasteiger charge is 2.23. The number of ether oxygens (including phenoxy) is 1. The number of hydrogen-bond donors (Lipinski definition) is 3. The van der Waals surface area contributed by atoms with E-state index >= 15 is 0 Å². The molecule has 0 saturated carbocycles. The van der Waals surface area contributed by atoms with Crippen molar-refractivity contribution in [3.63, 3.8) is 0 Å². The molecule has 8 heteroatoms. The van der Waals surface area contributed by atoms with E-state index in [4.69, 9.17) is 9.84 Å². The molecule has 1 heterocycles. The van der Waals surface area contributed by atoms with Crippen LogP contribution in [0, 0.1) is 0 Å². The molecule has 1 atom stereocenters. The van der Waals surface area contributed by atoms with Crippen LogP contribution >= 0.6 is 0 Å². The van der Waals surface area contributed by atoms with Crippen LogP contribution in [-0.4, -0.2) is 58.6 Å². The number of carbonyl (C=O) groups excluding carboxylic acids is 1. The Labute approximate surface area is 114 Å². The molecule has 1 fully saturated rings. The minimum atomic E-state index is -1.09. The first kappa shape index (κ1) is 15.9. The predicted molar refractivity (Wildman–Crippen MR) is 70.5 cm³/mol. The Morgan fingerprint density at radius 1 is 1.42 bits per heavy atom. The molecule has 1 aliphatic rings. The molecule has 0 bridgehead atoms. The number of carboxylic acid groups (broad SMARTS) is 1. The van der Waals surface area contributed by atoms with Gasteiger partial charge in [0.25, 0.3) is 0 Å². The fraction of sp³-hybridized carbons (Fsp3) is 0.818. The van der Waals surface area contributed by atoms with Gasteiger partial charge in [0.1, 0.15) is 6.04 Å². The second-order valence-corrected chi connectivity index (χ2v) is 6.11. The van der Waals surface area contributed by atoms with Gasteiger partial charge >= 0.3 is 12.0 Å². The van der Waals surface area contributed by atoms with Crippen molar-refractivity contribution in [1.82, 2.24) is 10.6 Å². The average Bonchev–Trinajstić information content (AvgIpc) is 2.37. The van der Waals surface area contributed by atoms with E-state index in [2.05, 4.69) is 10.6 Å². The fourth-order valence-corrected chi connectivity index (χ4v) is 3.12. The van der Waals surface area contributed by atoms with E-state index in [0.29, 0.717) is 24.3 Å². The first-order valence-corrected chi connectivity index (χ1v) is 7.65. The molecule has 7 nitrogen and oxygen atoms in total. The van der Waals surface area contributed by atoms with Crippen LogP contribution in [0.2, 0.25) is 0 Å². The van der Waals surface area contributed by atoms with Crippen LogP contribution in [0.4, 0.5) is 4.79 Å². The summed E-state index contributed by atoms with van der Waals surface area (Å²) in [6.45, 7) is 0.264. The van der Waals surface area contributed by atoms with Crippen LogP contribution in [0.15, 0.2) is 0 Å². The third-order valence-corrected chi connectivity index (χ3v) is 4.32.